The highest BCUT2D eigenvalue weighted by Crippen LogP contribution is 2.64. The lowest BCUT2D eigenvalue weighted by Gasteiger charge is -2.26. The first-order chi connectivity index (χ1) is 19.0. The van der Waals surface area contributed by atoms with Crippen molar-refractivity contribution in [3.63, 3.8) is 0 Å². The number of benzene rings is 3. The molecule has 1 spiro atoms. The van der Waals surface area contributed by atoms with Gasteiger partial charge in [0.15, 0.2) is 0 Å². The highest BCUT2D eigenvalue weighted by Gasteiger charge is 2.54. The number of aryl methyl sites for hydroxylation is 2. The second kappa shape index (κ2) is 10.6. The summed E-state index contributed by atoms with van der Waals surface area (Å²) >= 11 is 0. The van der Waals surface area contributed by atoms with Crippen LogP contribution in [-0.2, 0) is 13.0 Å². The van der Waals surface area contributed by atoms with Crippen LogP contribution in [0.1, 0.15) is 65.0 Å². The minimum Gasteiger partial charge on any atom is -0.528 e. The Kier molecular flexibility index (Phi) is 7.04. The zero-order valence-electron chi connectivity index (χ0n) is 23.0. The zero-order valence-corrected chi connectivity index (χ0v) is 23.0. The van der Waals surface area contributed by atoms with Crippen LogP contribution in [0.2, 0.25) is 0 Å². The molecule has 0 radical (unpaired) electrons. The molecule has 0 bridgehead atoms. The molecule has 3 aliphatic rings. The minimum absolute atomic E-state index is 0.0770. The average molecular weight is 526 g/mol. The first-order valence-corrected chi connectivity index (χ1v) is 14.0. The van der Waals surface area contributed by atoms with Gasteiger partial charge in [-0.3, -0.25) is 0 Å². The van der Waals surface area contributed by atoms with E-state index in [4.69, 9.17) is 14.6 Å². The summed E-state index contributed by atoms with van der Waals surface area (Å²) in [6.07, 6.45) is 5.15. The van der Waals surface area contributed by atoms with Crippen LogP contribution in [0, 0.1) is 26.2 Å². The van der Waals surface area contributed by atoms with Crippen LogP contribution in [0.3, 0.4) is 0 Å². The van der Waals surface area contributed by atoms with Gasteiger partial charge in [0.25, 0.3) is 0 Å². The molecule has 1 fully saturated rings. The fraction of sp³-hybridized carbons (Fsp3) is 0.438. The van der Waals surface area contributed by atoms with Gasteiger partial charge >= 0.3 is 0 Å². The van der Waals surface area contributed by atoms with E-state index in [0.29, 0.717) is 31.0 Å². The van der Waals surface area contributed by atoms with Crippen molar-refractivity contribution in [2.75, 3.05) is 13.2 Å². The van der Waals surface area contributed by atoms with Crippen molar-refractivity contribution in [1.82, 2.24) is 5.53 Å². The van der Waals surface area contributed by atoms with E-state index >= 15 is 0 Å². The number of ether oxygens (including phenoxy) is 2. The normalized spacial score (nSPS) is 20.2. The number of fused-ring (bicyclic) bond motifs is 1. The van der Waals surface area contributed by atoms with E-state index in [1.54, 1.807) is 0 Å². The van der Waals surface area contributed by atoms with Crippen LogP contribution < -0.4 is 15.0 Å². The third-order valence-corrected chi connectivity index (χ3v) is 8.74. The van der Waals surface area contributed by atoms with Gasteiger partial charge < -0.3 is 25.5 Å². The number of rotatable bonds is 10. The van der Waals surface area contributed by atoms with Crippen molar-refractivity contribution in [3.05, 3.63) is 87.3 Å². The Balaban J connectivity index is 1.17. The molecule has 1 heterocycles. The van der Waals surface area contributed by atoms with Gasteiger partial charge in [0.2, 0.25) is 0 Å². The molecule has 3 aromatic carbocycles. The van der Waals surface area contributed by atoms with Crippen LogP contribution >= 0.6 is 0 Å². The summed E-state index contributed by atoms with van der Waals surface area (Å²) in [6.45, 7) is 7.64. The monoisotopic (exact) mass is 525 g/mol. The standard InChI is InChI=1S/C32H37N4O3/c1-20-14-26(38-13-5-12-37)15-21(2)31(20)27-7-4-6-23(22(27)3)19-39-25-8-9-28-24(16-25)18-32(10-11-32)29(28)17-30-33-35-36-34-30/h4,6-9,14-16,29-30,37H,5,10-13,17-19H2,1-3H3,(H-,33,34,35,36)/q-1. The molecule has 39 heavy (non-hydrogen) atoms. The van der Waals surface area contributed by atoms with E-state index in [1.807, 2.05) is 0 Å². The minimum atomic E-state index is -0.0770. The van der Waals surface area contributed by atoms with E-state index < -0.39 is 0 Å². The largest absolute Gasteiger partial charge is 0.528 e. The van der Waals surface area contributed by atoms with Crippen LogP contribution in [-0.4, -0.2) is 24.5 Å². The molecule has 3 aromatic rings. The first kappa shape index (κ1) is 25.8. The number of nitrogens with one attached hydrogen (secondary N) is 1. The molecule has 1 aliphatic heterocycles. The fourth-order valence-electron chi connectivity index (χ4n) is 6.54. The van der Waals surface area contributed by atoms with Gasteiger partial charge in [0.1, 0.15) is 18.1 Å². The maximum atomic E-state index is 9.04. The summed E-state index contributed by atoms with van der Waals surface area (Å²) in [7, 11) is 0. The molecule has 0 amide bonds. The molecular formula is C32H37N4O3-. The highest BCUT2D eigenvalue weighted by molar-refractivity contribution is 5.75. The van der Waals surface area contributed by atoms with E-state index in [1.165, 1.54) is 57.3 Å². The van der Waals surface area contributed by atoms with Gasteiger partial charge in [-0.1, -0.05) is 29.5 Å². The van der Waals surface area contributed by atoms with Crippen molar-refractivity contribution in [2.24, 2.45) is 15.8 Å². The number of hydrogen-bond acceptors (Lipinski definition) is 6. The summed E-state index contributed by atoms with van der Waals surface area (Å²) in [5.74, 6) is 2.27. The molecule has 0 saturated heterocycles. The lowest BCUT2D eigenvalue weighted by Crippen LogP contribution is -2.15. The SMILES string of the molecule is Cc1cc(OCCCO)cc(C)c1-c1cccc(COc2ccc3c(c2)CC2(CC2)C3CC2N=NN[N-]2)c1C. The van der Waals surface area contributed by atoms with Gasteiger partial charge in [0.05, 0.1) is 6.61 Å². The van der Waals surface area contributed by atoms with Crippen molar-refractivity contribution in [1.29, 1.82) is 0 Å². The summed E-state index contributed by atoms with van der Waals surface area (Å²) in [6, 6.07) is 17.3. The van der Waals surface area contributed by atoms with Crippen LogP contribution in [0.4, 0.5) is 0 Å². The van der Waals surface area contributed by atoms with Crippen molar-refractivity contribution in [3.8, 4) is 22.6 Å². The van der Waals surface area contributed by atoms with Crippen LogP contribution in [0.5, 0.6) is 11.5 Å². The molecular weight excluding hydrogens is 488 g/mol. The van der Waals surface area contributed by atoms with Gasteiger partial charge in [-0.2, -0.15) is 5.11 Å². The summed E-state index contributed by atoms with van der Waals surface area (Å²) < 4.78 is 12.2. The number of nitrogens with zero attached hydrogens (tertiary/aromatic N) is 3. The average Bonchev–Trinajstić information content (AvgIpc) is 3.37. The molecule has 204 valence electrons. The molecule has 2 unspecified atom stereocenters. The first-order valence-electron chi connectivity index (χ1n) is 14.0. The second-order valence-corrected chi connectivity index (χ2v) is 11.3. The number of aliphatic hydroxyl groups is 1. The summed E-state index contributed by atoms with van der Waals surface area (Å²) in [5, 5.41) is 17.1. The van der Waals surface area contributed by atoms with E-state index in [0.717, 1.165) is 24.3 Å². The van der Waals surface area contributed by atoms with Gasteiger partial charge in [-0.15, -0.1) is 0 Å². The lowest BCUT2D eigenvalue weighted by atomic mass is 9.86. The fourth-order valence-corrected chi connectivity index (χ4v) is 6.54. The van der Waals surface area contributed by atoms with Crippen LogP contribution in [0.25, 0.3) is 16.6 Å². The van der Waals surface area contributed by atoms with Crippen LogP contribution in [0.15, 0.2) is 58.9 Å². The quantitative estimate of drug-likeness (QED) is 0.279. The Morgan fingerprint density at radius 2 is 1.85 bits per heavy atom. The third-order valence-electron chi connectivity index (χ3n) is 8.74. The molecule has 7 heteroatoms. The predicted octanol–water partition coefficient (Wildman–Crippen LogP) is 7.01. The van der Waals surface area contributed by atoms with Gasteiger partial charge in [-0.25, -0.2) is 0 Å². The maximum absolute atomic E-state index is 9.04. The number of hydrogen-bond donors (Lipinski definition) is 2. The summed E-state index contributed by atoms with van der Waals surface area (Å²) in [5.41, 5.74) is 17.4. The Hall–Kier alpha value is -3.42. The van der Waals surface area contributed by atoms with Crippen molar-refractivity contribution in [2.45, 2.75) is 71.6 Å². The Morgan fingerprint density at radius 3 is 2.56 bits per heavy atom. The zero-order chi connectivity index (χ0) is 27.0. The topological polar surface area (TPSA) is 89.5 Å². The Labute approximate surface area is 230 Å². The van der Waals surface area contributed by atoms with E-state index in [2.05, 4.69) is 90.6 Å². The van der Waals surface area contributed by atoms with E-state index in [-0.39, 0.29) is 12.8 Å². The predicted molar refractivity (Wildman–Crippen MR) is 152 cm³/mol. The maximum Gasteiger partial charge on any atom is 0.120 e. The number of aliphatic hydroxyl groups excluding tert-OH is 1. The molecule has 7 nitrogen and oxygen atoms in total. The Morgan fingerprint density at radius 1 is 1.03 bits per heavy atom. The second-order valence-electron chi connectivity index (χ2n) is 11.3. The molecule has 1 saturated carbocycles. The van der Waals surface area contributed by atoms with Crippen molar-refractivity contribution >= 4 is 0 Å². The van der Waals surface area contributed by atoms with E-state index in [9.17, 15) is 0 Å². The highest BCUT2D eigenvalue weighted by atomic mass is 16.5. The smallest absolute Gasteiger partial charge is 0.120 e. The lowest BCUT2D eigenvalue weighted by molar-refractivity contribution is 0.233. The van der Waals surface area contributed by atoms with Gasteiger partial charge in [0, 0.05) is 13.0 Å². The molecule has 2 atom stereocenters. The molecule has 2 aliphatic carbocycles. The van der Waals surface area contributed by atoms with Gasteiger partial charge in [-0.05, 0) is 133 Å². The molecule has 6 rings (SSSR count). The molecule has 0 aromatic heterocycles. The Bertz CT molecular complexity index is 1380. The summed E-state index contributed by atoms with van der Waals surface area (Å²) in [4.78, 5) is 0. The third kappa shape index (κ3) is 5.13. The molecule has 2 N–H and O–H groups in total. The van der Waals surface area contributed by atoms with Crippen molar-refractivity contribution < 1.29 is 14.6 Å².